The maximum Gasteiger partial charge on any atom is 0.226 e. The van der Waals surface area contributed by atoms with Crippen molar-refractivity contribution in [2.24, 2.45) is 5.92 Å². The number of carbonyl (C=O) groups is 1. The highest BCUT2D eigenvalue weighted by Crippen LogP contribution is 2.19. The molecule has 2 heterocycles. The fourth-order valence-electron chi connectivity index (χ4n) is 1.46. The maximum absolute atomic E-state index is 11.5. The summed E-state index contributed by atoms with van der Waals surface area (Å²) in [6.07, 6.45) is 3.34. The van der Waals surface area contributed by atoms with Gasteiger partial charge in [0.05, 0.1) is 5.75 Å². The second-order valence-electron chi connectivity index (χ2n) is 3.51. The van der Waals surface area contributed by atoms with Crippen molar-refractivity contribution in [1.82, 2.24) is 4.98 Å². The number of amides is 1. The molecule has 0 fully saturated rings. The summed E-state index contributed by atoms with van der Waals surface area (Å²) in [4.78, 5) is 15.4. The molecular weight excluding hydrogens is 248 g/mol. The van der Waals surface area contributed by atoms with Gasteiger partial charge in [0.15, 0.2) is 15.0 Å². The second kappa shape index (κ2) is 4.34. The quantitative estimate of drug-likeness (QED) is 0.878. The molecule has 1 N–H and O–H groups in total. The molecule has 7 heteroatoms. The molecule has 86 valence electrons. The Balaban J connectivity index is 1.88. The summed E-state index contributed by atoms with van der Waals surface area (Å²) < 4.78 is 22.2. The number of nitrogens with one attached hydrogen (secondary N) is 1. The molecule has 16 heavy (non-hydrogen) atoms. The lowest BCUT2D eigenvalue weighted by Gasteiger charge is -2.05. The molecule has 1 amide bonds. The van der Waals surface area contributed by atoms with Crippen LogP contribution in [0.4, 0.5) is 5.13 Å². The Kier molecular flexibility index (Phi) is 3.06. The lowest BCUT2D eigenvalue weighted by molar-refractivity contribution is -0.116. The molecule has 0 radical (unpaired) electrons. The van der Waals surface area contributed by atoms with Gasteiger partial charge in [-0.15, -0.1) is 11.3 Å². The highest BCUT2D eigenvalue weighted by Gasteiger charge is 2.23. The number of carbonyl (C=O) groups excluding carboxylic acids is 1. The van der Waals surface area contributed by atoms with Crippen LogP contribution in [-0.2, 0) is 14.6 Å². The van der Waals surface area contributed by atoms with Gasteiger partial charge < -0.3 is 5.32 Å². The van der Waals surface area contributed by atoms with Crippen LogP contribution in [0.5, 0.6) is 0 Å². The molecule has 1 aliphatic rings. The van der Waals surface area contributed by atoms with Gasteiger partial charge in [0, 0.05) is 29.3 Å². The number of hydrogen-bond donors (Lipinski definition) is 1. The standard InChI is InChI=1S/C9H10N2O3S2/c12-8(11-9-10-2-3-15-9)5-7-1-4-16(13,14)6-7/h1-4,7H,5-6H2,(H,10,11,12). The zero-order chi connectivity index (χ0) is 11.6. The van der Waals surface area contributed by atoms with Gasteiger partial charge in [-0.05, 0) is 0 Å². The monoisotopic (exact) mass is 258 g/mol. The van der Waals surface area contributed by atoms with Crippen LogP contribution < -0.4 is 5.32 Å². The molecule has 1 aliphatic heterocycles. The SMILES string of the molecule is O=C(CC1C=CS(=O)(=O)C1)Nc1nccs1. The van der Waals surface area contributed by atoms with Gasteiger partial charge in [-0.2, -0.15) is 0 Å². The van der Waals surface area contributed by atoms with E-state index in [9.17, 15) is 13.2 Å². The minimum absolute atomic E-state index is 0.0261. The maximum atomic E-state index is 11.5. The van der Waals surface area contributed by atoms with Crippen molar-refractivity contribution in [3.05, 3.63) is 23.1 Å². The van der Waals surface area contributed by atoms with E-state index in [1.807, 2.05) is 0 Å². The van der Waals surface area contributed by atoms with E-state index in [0.717, 1.165) is 0 Å². The van der Waals surface area contributed by atoms with E-state index in [1.54, 1.807) is 17.7 Å². The third kappa shape index (κ3) is 2.89. The first-order valence-corrected chi connectivity index (χ1v) is 7.25. The molecular formula is C9H10N2O3S2. The summed E-state index contributed by atoms with van der Waals surface area (Å²) in [7, 11) is -3.08. The Labute approximate surface area is 97.1 Å². The van der Waals surface area contributed by atoms with Gasteiger partial charge in [-0.25, -0.2) is 13.4 Å². The third-order valence-electron chi connectivity index (χ3n) is 2.13. The number of anilines is 1. The number of hydrogen-bond acceptors (Lipinski definition) is 5. The van der Waals surface area contributed by atoms with Gasteiger partial charge in [0.2, 0.25) is 5.91 Å². The van der Waals surface area contributed by atoms with Crippen LogP contribution in [0.1, 0.15) is 6.42 Å². The smallest absolute Gasteiger partial charge is 0.226 e. The van der Waals surface area contributed by atoms with Crippen LogP contribution >= 0.6 is 11.3 Å². The summed E-state index contributed by atoms with van der Waals surface area (Å²) in [6.45, 7) is 0. The molecule has 0 saturated heterocycles. The summed E-state index contributed by atoms with van der Waals surface area (Å²) in [5.74, 6) is -0.398. The summed E-state index contributed by atoms with van der Waals surface area (Å²) >= 11 is 1.33. The molecule has 0 aromatic carbocycles. The molecule has 0 spiro atoms. The Morgan fingerprint density at radius 1 is 1.62 bits per heavy atom. The van der Waals surface area contributed by atoms with Crippen LogP contribution in [0.15, 0.2) is 23.1 Å². The van der Waals surface area contributed by atoms with Crippen LogP contribution in [0.25, 0.3) is 0 Å². The highest BCUT2D eigenvalue weighted by atomic mass is 32.2. The Morgan fingerprint density at radius 3 is 3.00 bits per heavy atom. The van der Waals surface area contributed by atoms with E-state index in [1.165, 1.54) is 16.7 Å². The third-order valence-corrected chi connectivity index (χ3v) is 4.28. The van der Waals surface area contributed by atoms with Crippen LogP contribution in [0.2, 0.25) is 0 Å². The number of rotatable bonds is 3. The van der Waals surface area contributed by atoms with Gasteiger partial charge in [0.25, 0.3) is 0 Å². The molecule has 2 rings (SSSR count). The van der Waals surface area contributed by atoms with E-state index >= 15 is 0 Å². The van der Waals surface area contributed by atoms with Crippen molar-refractivity contribution >= 4 is 32.2 Å². The number of sulfone groups is 1. The van der Waals surface area contributed by atoms with Crippen molar-refractivity contribution in [3.8, 4) is 0 Å². The van der Waals surface area contributed by atoms with Crippen LogP contribution in [0, 0.1) is 5.92 Å². The summed E-state index contributed by atoms with van der Waals surface area (Å²) in [5, 5.41) is 6.09. The predicted molar refractivity (Wildman–Crippen MR) is 61.8 cm³/mol. The van der Waals surface area contributed by atoms with Crippen molar-refractivity contribution in [2.75, 3.05) is 11.1 Å². The Hall–Kier alpha value is -1.21. The Morgan fingerprint density at radius 2 is 2.44 bits per heavy atom. The van der Waals surface area contributed by atoms with Crippen molar-refractivity contribution in [1.29, 1.82) is 0 Å². The molecule has 5 nitrogen and oxygen atoms in total. The molecule has 0 saturated carbocycles. The first kappa shape index (κ1) is 11.3. The zero-order valence-corrected chi connectivity index (χ0v) is 9.92. The molecule has 1 aromatic heterocycles. The van der Waals surface area contributed by atoms with E-state index in [-0.39, 0.29) is 24.0 Å². The van der Waals surface area contributed by atoms with E-state index in [4.69, 9.17) is 0 Å². The largest absolute Gasteiger partial charge is 0.302 e. The van der Waals surface area contributed by atoms with Gasteiger partial charge in [-0.1, -0.05) is 6.08 Å². The minimum Gasteiger partial charge on any atom is -0.302 e. The molecule has 0 aliphatic carbocycles. The lowest BCUT2D eigenvalue weighted by Crippen LogP contribution is -2.17. The predicted octanol–water partition coefficient (Wildman–Crippen LogP) is 1.03. The molecule has 1 unspecified atom stereocenters. The van der Waals surface area contributed by atoms with Gasteiger partial charge >= 0.3 is 0 Å². The van der Waals surface area contributed by atoms with E-state index < -0.39 is 9.84 Å². The number of thiazole rings is 1. The van der Waals surface area contributed by atoms with Crippen LogP contribution in [-0.4, -0.2) is 25.1 Å². The van der Waals surface area contributed by atoms with E-state index in [0.29, 0.717) is 5.13 Å². The van der Waals surface area contributed by atoms with Gasteiger partial charge in [-0.3, -0.25) is 4.79 Å². The number of aromatic nitrogens is 1. The average molecular weight is 258 g/mol. The fraction of sp³-hybridized carbons (Fsp3) is 0.333. The summed E-state index contributed by atoms with van der Waals surface area (Å²) in [5.41, 5.74) is 0. The molecule has 1 aromatic rings. The van der Waals surface area contributed by atoms with Crippen molar-refractivity contribution in [3.63, 3.8) is 0 Å². The van der Waals surface area contributed by atoms with E-state index in [2.05, 4.69) is 10.3 Å². The zero-order valence-electron chi connectivity index (χ0n) is 8.29. The normalized spacial score (nSPS) is 22.1. The van der Waals surface area contributed by atoms with Crippen LogP contribution in [0.3, 0.4) is 0 Å². The fourth-order valence-corrected chi connectivity index (χ4v) is 3.40. The van der Waals surface area contributed by atoms with Crippen molar-refractivity contribution in [2.45, 2.75) is 6.42 Å². The molecule has 1 atom stereocenters. The number of nitrogens with zero attached hydrogens (tertiary/aromatic N) is 1. The highest BCUT2D eigenvalue weighted by molar-refractivity contribution is 7.94. The average Bonchev–Trinajstić information content (AvgIpc) is 2.76. The first-order chi connectivity index (χ1) is 7.55. The topological polar surface area (TPSA) is 76.1 Å². The summed E-state index contributed by atoms with van der Waals surface area (Å²) in [6, 6.07) is 0. The van der Waals surface area contributed by atoms with Crippen molar-refractivity contribution < 1.29 is 13.2 Å². The minimum atomic E-state index is -3.08. The second-order valence-corrected chi connectivity index (χ2v) is 6.33. The Bertz CT molecular complexity index is 505. The lowest BCUT2D eigenvalue weighted by atomic mass is 10.1. The van der Waals surface area contributed by atoms with Gasteiger partial charge in [0.1, 0.15) is 0 Å². The number of allylic oxidation sites excluding steroid dienone is 1. The molecule has 0 bridgehead atoms. The first-order valence-electron chi connectivity index (χ1n) is 4.65.